The Bertz CT molecular complexity index is 617. The zero-order valence-corrected chi connectivity index (χ0v) is 12.7. The summed E-state index contributed by atoms with van der Waals surface area (Å²) >= 11 is 0. The van der Waals surface area contributed by atoms with Gasteiger partial charge in [-0.1, -0.05) is 6.92 Å². The van der Waals surface area contributed by atoms with Gasteiger partial charge in [-0.15, -0.1) is 0 Å². The summed E-state index contributed by atoms with van der Waals surface area (Å²) in [7, 11) is 1.69. The van der Waals surface area contributed by atoms with Crippen molar-refractivity contribution < 1.29 is 18.7 Å². The van der Waals surface area contributed by atoms with E-state index in [0.29, 0.717) is 24.3 Å². The molecule has 5 nitrogen and oxygen atoms in total. The van der Waals surface area contributed by atoms with Gasteiger partial charge in [-0.3, -0.25) is 9.59 Å². The smallest absolute Gasteiger partial charge is 0.260 e. The number of carbonyl (C=O) groups excluding carboxylic acids is 2. The van der Waals surface area contributed by atoms with Crippen molar-refractivity contribution in [2.45, 2.75) is 19.9 Å². The molecule has 0 fully saturated rings. The minimum Gasteiger partial charge on any atom is -0.484 e. The fourth-order valence-corrected chi connectivity index (χ4v) is 1.92. The zero-order chi connectivity index (χ0) is 15.9. The molecule has 116 valence electrons. The Morgan fingerprint density at radius 2 is 1.91 bits per heavy atom. The topological polar surface area (TPSA) is 59.8 Å². The van der Waals surface area contributed by atoms with Gasteiger partial charge in [0.1, 0.15) is 11.5 Å². The lowest BCUT2D eigenvalue weighted by atomic mass is 10.1. The number of ether oxygens (including phenoxy) is 1. The van der Waals surface area contributed by atoms with Gasteiger partial charge in [0.15, 0.2) is 12.4 Å². The van der Waals surface area contributed by atoms with Gasteiger partial charge in [0.05, 0.1) is 12.8 Å². The van der Waals surface area contributed by atoms with Crippen molar-refractivity contribution in [1.29, 1.82) is 0 Å². The maximum atomic E-state index is 12.0. The van der Waals surface area contributed by atoms with Crippen LogP contribution in [0.2, 0.25) is 0 Å². The molecule has 5 heteroatoms. The van der Waals surface area contributed by atoms with E-state index >= 15 is 0 Å². The Hall–Kier alpha value is -2.56. The molecule has 0 saturated carbocycles. The molecule has 2 aromatic rings. The molecule has 1 aromatic heterocycles. The molecular formula is C17H19NO4. The number of hydrogen-bond acceptors (Lipinski definition) is 4. The van der Waals surface area contributed by atoms with Crippen LogP contribution in [0.1, 0.15) is 29.5 Å². The van der Waals surface area contributed by atoms with Crippen LogP contribution in [0.15, 0.2) is 47.1 Å². The van der Waals surface area contributed by atoms with Crippen LogP contribution in [0.4, 0.5) is 0 Å². The average Bonchev–Trinajstić information content (AvgIpc) is 3.05. The molecule has 22 heavy (non-hydrogen) atoms. The average molecular weight is 301 g/mol. The normalized spacial score (nSPS) is 10.3. The maximum absolute atomic E-state index is 12.0. The molecule has 1 heterocycles. The largest absolute Gasteiger partial charge is 0.484 e. The van der Waals surface area contributed by atoms with E-state index in [-0.39, 0.29) is 18.3 Å². The number of hydrogen-bond donors (Lipinski definition) is 0. The first-order valence-corrected chi connectivity index (χ1v) is 7.12. The van der Waals surface area contributed by atoms with Crippen LogP contribution < -0.4 is 4.74 Å². The number of furan rings is 1. The van der Waals surface area contributed by atoms with E-state index in [4.69, 9.17) is 9.15 Å². The van der Waals surface area contributed by atoms with Crippen LogP contribution in [0, 0.1) is 0 Å². The van der Waals surface area contributed by atoms with Gasteiger partial charge in [-0.25, -0.2) is 0 Å². The van der Waals surface area contributed by atoms with E-state index in [1.807, 2.05) is 13.0 Å². The molecule has 0 aliphatic rings. The highest BCUT2D eigenvalue weighted by Crippen LogP contribution is 2.14. The molecule has 0 unspecified atom stereocenters. The number of Topliss-reactive ketones (excluding diaryl/α,β-unsaturated/α-hetero) is 1. The lowest BCUT2D eigenvalue weighted by Crippen LogP contribution is -2.30. The van der Waals surface area contributed by atoms with E-state index in [2.05, 4.69) is 0 Å². The summed E-state index contributed by atoms with van der Waals surface area (Å²) in [5.41, 5.74) is 0.649. The van der Waals surface area contributed by atoms with E-state index in [1.165, 1.54) is 4.90 Å². The fourth-order valence-electron chi connectivity index (χ4n) is 1.92. The molecule has 0 aliphatic heterocycles. The number of rotatable bonds is 7. The van der Waals surface area contributed by atoms with E-state index in [0.717, 1.165) is 5.76 Å². The molecule has 0 aliphatic carbocycles. The quantitative estimate of drug-likeness (QED) is 0.738. The van der Waals surface area contributed by atoms with Gasteiger partial charge in [-0.05, 0) is 36.4 Å². The van der Waals surface area contributed by atoms with Gasteiger partial charge >= 0.3 is 0 Å². The molecule has 1 aromatic carbocycles. The number of likely N-dealkylation sites (N-methyl/N-ethyl adjacent to an activating group) is 1. The third-order valence-electron chi connectivity index (χ3n) is 3.26. The first kappa shape index (κ1) is 15.8. The highest BCUT2D eigenvalue weighted by molar-refractivity contribution is 5.95. The highest BCUT2D eigenvalue weighted by Gasteiger charge is 2.11. The van der Waals surface area contributed by atoms with Crippen molar-refractivity contribution in [2.24, 2.45) is 0 Å². The van der Waals surface area contributed by atoms with Crippen LogP contribution in [0.25, 0.3) is 0 Å². The highest BCUT2D eigenvalue weighted by atomic mass is 16.5. The van der Waals surface area contributed by atoms with Crippen molar-refractivity contribution in [3.63, 3.8) is 0 Å². The summed E-state index contributed by atoms with van der Waals surface area (Å²) < 4.78 is 10.6. The second-order valence-corrected chi connectivity index (χ2v) is 4.92. The Balaban J connectivity index is 1.84. The van der Waals surface area contributed by atoms with Crippen LogP contribution >= 0.6 is 0 Å². The second-order valence-electron chi connectivity index (χ2n) is 4.92. The van der Waals surface area contributed by atoms with Crippen molar-refractivity contribution >= 4 is 11.7 Å². The van der Waals surface area contributed by atoms with Gasteiger partial charge in [-0.2, -0.15) is 0 Å². The lowest BCUT2D eigenvalue weighted by Gasteiger charge is -2.16. The van der Waals surface area contributed by atoms with Crippen LogP contribution in [-0.4, -0.2) is 30.2 Å². The standard InChI is InChI=1S/C17H19NO4/c1-3-16(19)13-6-8-14(9-7-13)22-12-17(20)18(2)11-15-5-4-10-21-15/h4-10H,3,11-12H2,1-2H3. The number of amides is 1. The molecule has 0 saturated heterocycles. The molecule has 0 atom stereocenters. The third kappa shape index (κ3) is 4.22. The van der Waals surface area contributed by atoms with E-state index in [1.54, 1.807) is 43.6 Å². The molecule has 0 bridgehead atoms. The minimum absolute atomic E-state index is 0.0573. The number of benzene rings is 1. The predicted octanol–water partition coefficient (Wildman–Crippen LogP) is 2.91. The summed E-state index contributed by atoms with van der Waals surface area (Å²) in [6.07, 6.45) is 2.04. The van der Waals surface area contributed by atoms with Gasteiger partial charge in [0, 0.05) is 19.0 Å². The lowest BCUT2D eigenvalue weighted by molar-refractivity contribution is -0.132. The van der Waals surface area contributed by atoms with Gasteiger partial charge in [0.2, 0.25) is 0 Å². The Labute approximate surface area is 129 Å². The van der Waals surface area contributed by atoms with Crippen LogP contribution in [0.5, 0.6) is 5.75 Å². The first-order chi connectivity index (χ1) is 10.6. The molecule has 0 N–H and O–H groups in total. The van der Waals surface area contributed by atoms with Crippen molar-refractivity contribution in [3.05, 3.63) is 54.0 Å². The first-order valence-electron chi connectivity index (χ1n) is 7.12. The maximum Gasteiger partial charge on any atom is 0.260 e. The summed E-state index contributed by atoms with van der Waals surface area (Å²) in [5, 5.41) is 0. The SMILES string of the molecule is CCC(=O)c1ccc(OCC(=O)N(C)Cc2ccco2)cc1. The minimum atomic E-state index is -0.148. The monoisotopic (exact) mass is 301 g/mol. The summed E-state index contributed by atoms with van der Waals surface area (Å²) in [4.78, 5) is 25.0. The van der Waals surface area contributed by atoms with Crippen LogP contribution in [-0.2, 0) is 11.3 Å². The molecule has 0 radical (unpaired) electrons. The van der Waals surface area contributed by atoms with E-state index < -0.39 is 0 Å². The number of nitrogens with zero attached hydrogens (tertiary/aromatic N) is 1. The van der Waals surface area contributed by atoms with Crippen molar-refractivity contribution in [3.8, 4) is 5.75 Å². The second kappa shape index (κ2) is 7.45. The van der Waals surface area contributed by atoms with E-state index in [9.17, 15) is 9.59 Å². The van der Waals surface area contributed by atoms with Crippen molar-refractivity contribution in [1.82, 2.24) is 4.90 Å². The summed E-state index contributed by atoms with van der Waals surface area (Å²) in [5.74, 6) is 1.22. The summed E-state index contributed by atoms with van der Waals surface area (Å²) in [6.45, 7) is 2.16. The van der Waals surface area contributed by atoms with Crippen molar-refractivity contribution in [2.75, 3.05) is 13.7 Å². The molecular weight excluding hydrogens is 282 g/mol. The third-order valence-corrected chi connectivity index (χ3v) is 3.26. The van der Waals surface area contributed by atoms with Crippen LogP contribution in [0.3, 0.4) is 0 Å². The predicted molar refractivity (Wildman–Crippen MR) is 81.7 cm³/mol. The Kier molecular flexibility index (Phi) is 5.36. The Morgan fingerprint density at radius 1 is 1.18 bits per heavy atom. The number of ketones is 1. The zero-order valence-electron chi connectivity index (χ0n) is 12.7. The molecule has 2 rings (SSSR count). The summed E-state index contributed by atoms with van der Waals surface area (Å²) in [6, 6.07) is 10.4. The Morgan fingerprint density at radius 3 is 2.50 bits per heavy atom. The molecule has 1 amide bonds. The van der Waals surface area contributed by atoms with Gasteiger partial charge in [0.25, 0.3) is 5.91 Å². The number of carbonyl (C=O) groups is 2. The fraction of sp³-hybridized carbons (Fsp3) is 0.294. The molecule has 0 spiro atoms. The van der Waals surface area contributed by atoms with Gasteiger partial charge < -0.3 is 14.1 Å².